The summed E-state index contributed by atoms with van der Waals surface area (Å²) in [6.45, 7) is 1.76. The first-order valence-electron chi connectivity index (χ1n) is 1.93. The first kappa shape index (κ1) is 6.14. The second-order valence-corrected chi connectivity index (χ2v) is 0.943. The van der Waals surface area contributed by atoms with E-state index in [9.17, 15) is 0 Å². The van der Waals surface area contributed by atoms with Gasteiger partial charge in [-0.1, -0.05) is 0 Å². The normalized spacial score (nSPS) is 10.9. The van der Waals surface area contributed by atoms with Crippen molar-refractivity contribution >= 4 is 0 Å². The van der Waals surface area contributed by atoms with Crippen molar-refractivity contribution in [2.75, 3.05) is 7.11 Å². The fourth-order valence-corrected chi connectivity index (χ4v) is 0.228. The third-order valence-corrected chi connectivity index (χ3v) is 0.566. The van der Waals surface area contributed by atoms with Crippen molar-refractivity contribution in [1.82, 2.24) is 0 Å². The molecule has 0 amide bonds. The van der Waals surface area contributed by atoms with Crippen molar-refractivity contribution in [3.8, 4) is 0 Å². The Hall–Kier alpha value is -0.860. The van der Waals surface area contributed by atoms with Crippen molar-refractivity contribution < 1.29 is 4.74 Å². The minimum atomic E-state index is 0.347. The molecule has 0 aliphatic carbocycles. The molecule has 0 aromatic heterocycles. The zero-order valence-corrected chi connectivity index (χ0v) is 4.43. The Morgan fingerprint density at radius 1 is 1.86 bits per heavy atom. The molecule has 0 fully saturated rings. The third kappa shape index (κ3) is 1.92. The van der Waals surface area contributed by atoms with Crippen molar-refractivity contribution in [1.29, 1.82) is 5.53 Å². The van der Waals surface area contributed by atoms with Crippen molar-refractivity contribution in [2.45, 2.75) is 6.92 Å². The largest absolute Gasteiger partial charge is 0.480 e. The molecular weight excluding hydrogens is 92.1 g/mol. The number of methoxy groups -OCH3 is 1. The first-order chi connectivity index (χ1) is 3.35. The van der Waals surface area contributed by atoms with Crippen molar-refractivity contribution in [3.05, 3.63) is 12.0 Å². The molecule has 0 rings (SSSR count). The first-order valence-corrected chi connectivity index (χ1v) is 1.93. The van der Waals surface area contributed by atoms with Crippen LogP contribution < -0.4 is 0 Å². The van der Waals surface area contributed by atoms with Crippen LogP contribution in [0.3, 0.4) is 0 Å². The number of hydrogen-bond donors (Lipinski definition) is 1. The second kappa shape index (κ2) is 3.33. The van der Waals surface area contributed by atoms with Crippen molar-refractivity contribution in [2.24, 2.45) is 5.11 Å². The van der Waals surface area contributed by atoms with Crippen molar-refractivity contribution in [3.63, 3.8) is 0 Å². The maximum absolute atomic E-state index is 6.39. The summed E-state index contributed by atoms with van der Waals surface area (Å²) in [4.78, 5) is 0. The van der Waals surface area contributed by atoms with E-state index in [4.69, 9.17) is 5.53 Å². The second-order valence-electron chi connectivity index (χ2n) is 0.943. The molecule has 40 valence electrons. The van der Waals surface area contributed by atoms with Crippen LogP contribution in [-0.2, 0) is 4.74 Å². The molecule has 0 radical (unpaired) electrons. The summed E-state index contributed by atoms with van der Waals surface area (Å²) in [7, 11) is 1.48. The molecule has 1 N–H and O–H groups in total. The summed E-state index contributed by atoms with van der Waals surface area (Å²) in [6.07, 6.45) is 1.62. The number of nitrogens with one attached hydrogen (secondary N) is 1. The molecule has 0 aliphatic rings. The molecule has 0 saturated carbocycles. The lowest BCUT2D eigenvalue weighted by molar-refractivity contribution is 0.281. The van der Waals surface area contributed by atoms with Gasteiger partial charge in [-0.3, -0.25) is 0 Å². The van der Waals surface area contributed by atoms with Gasteiger partial charge in [0.1, 0.15) is 0 Å². The van der Waals surface area contributed by atoms with Crippen LogP contribution in [0.25, 0.3) is 0 Å². The fraction of sp³-hybridized carbons (Fsp3) is 0.500. The highest BCUT2D eigenvalue weighted by Gasteiger charge is 1.80. The van der Waals surface area contributed by atoms with Crippen LogP contribution in [0.15, 0.2) is 17.1 Å². The minimum Gasteiger partial charge on any atom is -0.480 e. The maximum atomic E-state index is 6.39. The van der Waals surface area contributed by atoms with Gasteiger partial charge in [0.15, 0.2) is 0 Å². The highest BCUT2D eigenvalue weighted by molar-refractivity contribution is 4.83. The van der Waals surface area contributed by atoms with Gasteiger partial charge in [-0.2, -0.15) is 0 Å². The average molecular weight is 100 g/mol. The van der Waals surface area contributed by atoms with Crippen LogP contribution in [0, 0.1) is 5.53 Å². The zero-order chi connectivity index (χ0) is 5.70. The Kier molecular flexibility index (Phi) is 2.92. The number of allylic oxidation sites excluding steroid dienone is 1. The van der Waals surface area contributed by atoms with E-state index in [1.165, 1.54) is 7.11 Å². The van der Waals surface area contributed by atoms with Gasteiger partial charge in [0.05, 0.1) is 7.11 Å². The maximum Gasteiger partial charge on any atom is 0.227 e. The molecule has 0 saturated heterocycles. The summed E-state index contributed by atoms with van der Waals surface area (Å²) in [5.41, 5.74) is 6.39. The lowest BCUT2D eigenvalue weighted by atomic mass is 10.7. The van der Waals surface area contributed by atoms with Gasteiger partial charge in [-0.15, -0.1) is 5.11 Å². The Bertz CT molecular complexity index is 87.7. The molecule has 0 spiro atoms. The molecule has 0 aromatic carbocycles. The van der Waals surface area contributed by atoms with E-state index in [0.717, 1.165) is 0 Å². The number of rotatable bonds is 2. The van der Waals surface area contributed by atoms with Crippen LogP contribution in [0.5, 0.6) is 0 Å². The van der Waals surface area contributed by atoms with E-state index in [1.54, 1.807) is 13.0 Å². The molecule has 3 heteroatoms. The Morgan fingerprint density at radius 2 is 2.43 bits per heavy atom. The highest BCUT2D eigenvalue weighted by Crippen LogP contribution is 1.92. The van der Waals surface area contributed by atoms with E-state index in [-0.39, 0.29) is 0 Å². The quantitative estimate of drug-likeness (QED) is 0.415. The molecule has 0 aliphatic heterocycles. The summed E-state index contributed by atoms with van der Waals surface area (Å²) >= 11 is 0. The lowest BCUT2D eigenvalue weighted by Crippen LogP contribution is -1.76. The molecule has 0 atom stereocenters. The van der Waals surface area contributed by atoms with E-state index in [1.807, 2.05) is 0 Å². The minimum absolute atomic E-state index is 0.347. The van der Waals surface area contributed by atoms with Crippen LogP contribution in [-0.4, -0.2) is 7.11 Å². The molecule has 3 nitrogen and oxygen atoms in total. The Morgan fingerprint density at radius 3 is 2.43 bits per heavy atom. The van der Waals surface area contributed by atoms with Gasteiger partial charge in [0, 0.05) is 0 Å². The molecule has 0 heterocycles. The highest BCUT2D eigenvalue weighted by atomic mass is 16.5. The number of ether oxygens (including phenoxy) is 1. The van der Waals surface area contributed by atoms with Gasteiger partial charge < -0.3 is 4.74 Å². The van der Waals surface area contributed by atoms with Crippen LogP contribution in [0.1, 0.15) is 6.92 Å². The van der Waals surface area contributed by atoms with E-state index in [0.29, 0.717) is 5.88 Å². The number of hydrogen-bond acceptors (Lipinski definition) is 3. The van der Waals surface area contributed by atoms with Gasteiger partial charge in [0.25, 0.3) is 0 Å². The SMILES string of the molecule is C/C=C(\N=N)OC. The Labute approximate surface area is 42.5 Å². The average Bonchev–Trinajstić information content (AvgIpc) is 1.72. The van der Waals surface area contributed by atoms with E-state index in [2.05, 4.69) is 9.85 Å². The number of nitrogens with zero attached hydrogens (tertiary/aromatic N) is 1. The predicted octanol–water partition coefficient (Wildman–Crippen LogP) is 1.53. The molecule has 0 bridgehead atoms. The molecule has 0 unspecified atom stereocenters. The monoisotopic (exact) mass is 100 g/mol. The summed E-state index contributed by atoms with van der Waals surface area (Å²) in [5, 5.41) is 3.01. The molecule has 0 aromatic rings. The standard InChI is InChI=1S/C4H8N2O/c1-3-4(6-5)7-2/h3,5H,1-2H3/b4-3+,6-5?. The van der Waals surface area contributed by atoms with Gasteiger partial charge >= 0.3 is 0 Å². The zero-order valence-electron chi connectivity index (χ0n) is 4.43. The predicted molar refractivity (Wildman–Crippen MR) is 25.9 cm³/mol. The van der Waals surface area contributed by atoms with Crippen LogP contribution in [0.4, 0.5) is 0 Å². The Balaban J connectivity index is 3.60. The summed E-state index contributed by atoms with van der Waals surface area (Å²) in [5.74, 6) is 0.347. The van der Waals surface area contributed by atoms with Crippen LogP contribution >= 0.6 is 0 Å². The fourth-order valence-electron chi connectivity index (χ4n) is 0.228. The topological polar surface area (TPSA) is 45.4 Å². The molecular formula is C4H8N2O. The van der Waals surface area contributed by atoms with E-state index < -0.39 is 0 Å². The van der Waals surface area contributed by atoms with Gasteiger partial charge in [0.2, 0.25) is 5.88 Å². The van der Waals surface area contributed by atoms with Gasteiger partial charge in [-0.25, -0.2) is 5.53 Å². The molecule has 7 heavy (non-hydrogen) atoms. The van der Waals surface area contributed by atoms with E-state index >= 15 is 0 Å². The smallest absolute Gasteiger partial charge is 0.227 e. The summed E-state index contributed by atoms with van der Waals surface area (Å²) < 4.78 is 4.56. The van der Waals surface area contributed by atoms with Gasteiger partial charge in [-0.05, 0) is 13.0 Å². The van der Waals surface area contributed by atoms with Crippen LogP contribution in [0.2, 0.25) is 0 Å². The summed E-state index contributed by atoms with van der Waals surface area (Å²) in [6, 6.07) is 0. The lowest BCUT2D eigenvalue weighted by Gasteiger charge is -1.90. The third-order valence-electron chi connectivity index (χ3n) is 0.566.